The topological polar surface area (TPSA) is 35.0 Å². The first-order valence-corrected chi connectivity index (χ1v) is 4.02. The molecule has 0 spiro atoms. The lowest BCUT2D eigenvalue weighted by Crippen LogP contribution is -1.48. The first-order chi connectivity index (χ1) is 1.73. The van der Waals surface area contributed by atoms with Crippen LogP contribution in [0.15, 0.2) is 0 Å². The van der Waals surface area contributed by atoms with Crippen LogP contribution in [0, 0.1) is 0 Å². The van der Waals surface area contributed by atoms with E-state index < -0.39 is 0 Å². The van der Waals surface area contributed by atoms with E-state index in [1.54, 1.807) is 0 Å². The van der Waals surface area contributed by atoms with Crippen molar-refractivity contribution in [3.05, 3.63) is 0 Å². The Bertz CT molecular complexity index is 11.6. The Hall–Kier alpha value is 0.390. The maximum atomic E-state index is 2.23. The highest BCUT2D eigenvalue weighted by atomic mass is 31.1. The minimum atomic E-state index is 0. The van der Waals surface area contributed by atoms with Crippen LogP contribution >= 0.6 is 7.92 Å². The van der Waals surface area contributed by atoms with E-state index in [1.807, 2.05) is 0 Å². The molecule has 0 saturated heterocycles. The largest absolute Gasteiger partial charge is 0.344 e. The van der Waals surface area contributed by atoms with E-state index in [9.17, 15) is 0 Å². The average Bonchev–Trinajstić information content (AvgIpc) is 0.811. The molecule has 0 aromatic carbocycles. The Morgan fingerprint density at radius 2 is 1.00 bits per heavy atom. The molecule has 0 aromatic rings. The summed E-state index contributed by atoms with van der Waals surface area (Å²) in [7, 11) is 0.380. The van der Waals surface area contributed by atoms with E-state index in [-0.39, 0.29) is 6.15 Å². The third kappa shape index (κ3) is 165. The summed E-state index contributed by atoms with van der Waals surface area (Å²) in [4.78, 5) is 0. The maximum Gasteiger partial charge on any atom is -0.0449 e. The van der Waals surface area contributed by atoms with Crippen LogP contribution in [0.5, 0.6) is 0 Å². The molecule has 0 aliphatic carbocycles. The van der Waals surface area contributed by atoms with Gasteiger partial charge in [0.05, 0.1) is 0 Å². The molecule has 0 aromatic heterocycles. The van der Waals surface area contributed by atoms with Crippen LogP contribution in [0.25, 0.3) is 0 Å². The second-order valence-corrected chi connectivity index (χ2v) is 4.02. The van der Waals surface area contributed by atoms with Gasteiger partial charge in [-0.2, -0.15) is 0 Å². The molecule has 0 atom stereocenters. The minimum Gasteiger partial charge on any atom is -0.344 e. The summed E-state index contributed by atoms with van der Waals surface area (Å²) < 4.78 is 0. The quantitative estimate of drug-likeness (QED) is 0.453. The lowest BCUT2D eigenvalue weighted by atomic mass is 11.9. The van der Waals surface area contributed by atoms with Gasteiger partial charge in [0.15, 0.2) is 0 Å². The smallest absolute Gasteiger partial charge is 0.0449 e. The van der Waals surface area contributed by atoms with Gasteiger partial charge in [0, 0.05) is 0 Å². The summed E-state index contributed by atoms with van der Waals surface area (Å²) >= 11 is 0. The lowest BCUT2D eigenvalue weighted by molar-refractivity contribution is 2.13. The Morgan fingerprint density at radius 3 is 1.00 bits per heavy atom. The normalized spacial score (nSPS) is 7.20. The Labute approximate surface area is 35.1 Å². The van der Waals surface area contributed by atoms with Gasteiger partial charge in [0.25, 0.3) is 0 Å². The van der Waals surface area contributed by atoms with Gasteiger partial charge in [-0.05, 0) is 20.0 Å². The maximum absolute atomic E-state index is 2.23. The highest BCUT2D eigenvalue weighted by molar-refractivity contribution is 7.55. The molecule has 0 unspecified atom stereocenters. The molecular weight excluding hydrogens is 81.0 g/mol. The SMILES string of the molecule is CP(C)C.N. The van der Waals surface area contributed by atoms with Crippen molar-refractivity contribution >= 4 is 7.92 Å². The fourth-order valence-corrected chi connectivity index (χ4v) is 0. The highest BCUT2D eigenvalue weighted by Gasteiger charge is 1.65. The van der Waals surface area contributed by atoms with E-state index in [4.69, 9.17) is 0 Å². The van der Waals surface area contributed by atoms with Crippen molar-refractivity contribution < 1.29 is 0 Å². The molecule has 34 valence electrons. The van der Waals surface area contributed by atoms with Crippen molar-refractivity contribution in [3.63, 3.8) is 0 Å². The highest BCUT2D eigenvalue weighted by Crippen LogP contribution is 2.14. The van der Waals surface area contributed by atoms with Crippen LogP contribution in [0.1, 0.15) is 0 Å². The van der Waals surface area contributed by atoms with Crippen molar-refractivity contribution in [2.75, 3.05) is 20.0 Å². The van der Waals surface area contributed by atoms with E-state index in [0.29, 0.717) is 7.92 Å². The van der Waals surface area contributed by atoms with Crippen molar-refractivity contribution in [1.82, 2.24) is 6.15 Å². The molecule has 0 radical (unpaired) electrons. The molecule has 0 heterocycles. The zero-order chi connectivity index (χ0) is 3.58. The van der Waals surface area contributed by atoms with Gasteiger partial charge >= 0.3 is 0 Å². The summed E-state index contributed by atoms with van der Waals surface area (Å²) in [6.45, 7) is 6.69. The standard InChI is InChI=1S/C3H9P.H3N/c1-4(2)3;/h1-3H3;1H3. The van der Waals surface area contributed by atoms with Gasteiger partial charge in [-0.15, -0.1) is 7.92 Å². The third-order valence-electron chi connectivity index (χ3n) is 0. The first-order valence-electron chi connectivity index (χ1n) is 1.34. The van der Waals surface area contributed by atoms with E-state index in [1.165, 1.54) is 0 Å². The third-order valence-corrected chi connectivity index (χ3v) is 0. The molecule has 0 aliphatic rings. The molecule has 5 heavy (non-hydrogen) atoms. The summed E-state index contributed by atoms with van der Waals surface area (Å²) in [5, 5.41) is 0. The average molecular weight is 93.1 g/mol. The van der Waals surface area contributed by atoms with Gasteiger partial charge in [-0.1, -0.05) is 0 Å². The Kier molecular flexibility index (Phi) is 7.94. The zero-order valence-electron chi connectivity index (χ0n) is 4.15. The predicted octanol–water partition coefficient (Wildman–Crippen LogP) is 1.52. The van der Waals surface area contributed by atoms with Crippen molar-refractivity contribution in [1.29, 1.82) is 0 Å². The number of hydrogen-bond acceptors (Lipinski definition) is 1. The molecule has 3 N–H and O–H groups in total. The number of hydrogen-bond donors (Lipinski definition) is 1. The molecular formula is C3H12NP. The van der Waals surface area contributed by atoms with Crippen molar-refractivity contribution in [3.8, 4) is 0 Å². The molecule has 2 heteroatoms. The van der Waals surface area contributed by atoms with Gasteiger partial charge in [0.2, 0.25) is 0 Å². The molecule has 0 fully saturated rings. The van der Waals surface area contributed by atoms with Crippen molar-refractivity contribution in [2.24, 2.45) is 0 Å². The van der Waals surface area contributed by atoms with Crippen LogP contribution in [-0.2, 0) is 0 Å². The molecule has 0 bridgehead atoms. The molecule has 0 amide bonds. The molecule has 0 aliphatic heterocycles. The summed E-state index contributed by atoms with van der Waals surface area (Å²) in [6.07, 6.45) is 0. The molecule has 0 saturated carbocycles. The van der Waals surface area contributed by atoms with Crippen LogP contribution in [0.3, 0.4) is 0 Å². The fourth-order valence-electron chi connectivity index (χ4n) is 0. The second kappa shape index (κ2) is 4.39. The zero-order valence-corrected chi connectivity index (χ0v) is 5.05. The Morgan fingerprint density at radius 1 is 1.00 bits per heavy atom. The van der Waals surface area contributed by atoms with Crippen LogP contribution in [0.2, 0.25) is 0 Å². The van der Waals surface area contributed by atoms with Crippen LogP contribution in [0.4, 0.5) is 0 Å². The van der Waals surface area contributed by atoms with Crippen molar-refractivity contribution in [2.45, 2.75) is 0 Å². The Balaban J connectivity index is 0. The van der Waals surface area contributed by atoms with Gasteiger partial charge in [-0.3, -0.25) is 0 Å². The van der Waals surface area contributed by atoms with Crippen LogP contribution < -0.4 is 6.15 Å². The summed E-state index contributed by atoms with van der Waals surface area (Å²) in [6, 6.07) is 0. The van der Waals surface area contributed by atoms with Gasteiger partial charge in [-0.25, -0.2) is 0 Å². The van der Waals surface area contributed by atoms with E-state index in [0.717, 1.165) is 0 Å². The number of rotatable bonds is 0. The molecule has 1 nitrogen and oxygen atoms in total. The van der Waals surface area contributed by atoms with Crippen LogP contribution in [-0.4, -0.2) is 20.0 Å². The second-order valence-electron chi connectivity index (χ2n) is 1.34. The lowest BCUT2D eigenvalue weighted by Gasteiger charge is -1.81. The summed E-state index contributed by atoms with van der Waals surface area (Å²) in [5.41, 5.74) is 0. The van der Waals surface area contributed by atoms with E-state index >= 15 is 0 Å². The fraction of sp³-hybridized carbons (Fsp3) is 1.00. The molecule has 0 rings (SSSR count). The van der Waals surface area contributed by atoms with E-state index in [2.05, 4.69) is 20.0 Å². The summed E-state index contributed by atoms with van der Waals surface area (Å²) in [5.74, 6) is 0. The minimum absolute atomic E-state index is 0. The first kappa shape index (κ1) is 9.04. The predicted molar refractivity (Wildman–Crippen MR) is 29.7 cm³/mol. The monoisotopic (exact) mass is 93.1 g/mol. The van der Waals surface area contributed by atoms with Gasteiger partial charge < -0.3 is 6.15 Å². The van der Waals surface area contributed by atoms with Gasteiger partial charge in [0.1, 0.15) is 0 Å².